The van der Waals surface area contributed by atoms with Crippen molar-refractivity contribution < 1.29 is 9.59 Å². The van der Waals surface area contributed by atoms with Gasteiger partial charge < -0.3 is 9.80 Å². The lowest BCUT2D eigenvalue weighted by molar-refractivity contribution is -0.138. The van der Waals surface area contributed by atoms with E-state index in [9.17, 15) is 9.59 Å². The lowest BCUT2D eigenvalue weighted by Gasteiger charge is -2.34. The van der Waals surface area contributed by atoms with Crippen LogP contribution in [0.5, 0.6) is 0 Å². The first-order valence-electron chi connectivity index (χ1n) is 9.34. The van der Waals surface area contributed by atoms with Crippen LogP contribution in [0, 0.1) is 0 Å². The zero-order chi connectivity index (χ0) is 20.5. The summed E-state index contributed by atoms with van der Waals surface area (Å²) in [7, 11) is 2.04. The molecule has 2 aliphatic heterocycles. The topological polar surface area (TPSA) is 56.8 Å². The number of piperazine rings is 1. The summed E-state index contributed by atoms with van der Waals surface area (Å²) in [6.07, 6.45) is 3.31. The second-order valence-electron chi connectivity index (χ2n) is 7.20. The maximum atomic E-state index is 13.4. The SMILES string of the molecule is CN1CCN(C2=C(c3ccc(Cl)cc3Cl)C(=O)N(Cc3cccnc3)C2=O)CC1. The number of halogens is 2. The van der Waals surface area contributed by atoms with Crippen LogP contribution in [0.2, 0.25) is 10.0 Å². The van der Waals surface area contributed by atoms with Crippen molar-refractivity contribution in [2.24, 2.45) is 0 Å². The van der Waals surface area contributed by atoms with Gasteiger partial charge in [0.05, 0.1) is 17.1 Å². The number of carbonyl (C=O) groups is 2. The number of benzene rings is 1. The number of amides is 2. The maximum absolute atomic E-state index is 13.4. The minimum Gasteiger partial charge on any atom is -0.364 e. The van der Waals surface area contributed by atoms with Gasteiger partial charge in [0.25, 0.3) is 11.8 Å². The summed E-state index contributed by atoms with van der Waals surface area (Å²) < 4.78 is 0. The number of pyridine rings is 1. The van der Waals surface area contributed by atoms with Gasteiger partial charge in [0.2, 0.25) is 0 Å². The molecule has 2 amide bonds. The minimum absolute atomic E-state index is 0.164. The Labute approximate surface area is 179 Å². The fourth-order valence-electron chi connectivity index (χ4n) is 3.64. The molecule has 0 unspecified atom stereocenters. The van der Waals surface area contributed by atoms with Crippen molar-refractivity contribution in [1.29, 1.82) is 0 Å². The molecule has 6 nitrogen and oxygen atoms in total. The molecule has 0 atom stereocenters. The lowest BCUT2D eigenvalue weighted by Crippen LogP contribution is -2.46. The van der Waals surface area contributed by atoms with Crippen molar-refractivity contribution in [2.75, 3.05) is 33.2 Å². The third-order valence-corrected chi connectivity index (χ3v) is 5.77. The largest absolute Gasteiger partial charge is 0.364 e. The summed E-state index contributed by atoms with van der Waals surface area (Å²) in [5, 5.41) is 0.827. The average molecular weight is 431 g/mol. The van der Waals surface area contributed by atoms with Crippen LogP contribution in [0.15, 0.2) is 48.4 Å². The fraction of sp³-hybridized carbons (Fsp3) is 0.286. The van der Waals surface area contributed by atoms with Gasteiger partial charge in [0, 0.05) is 49.2 Å². The number of carbonyl (C=O) groups excluding carboxylic acids is 2. The molecule has 1 aromatic carbocycles. The molecule has 29 heavy (non-hydrogen) atoms. The number of hydrogen-bond acceptors (Lipinski definition) is 5. The number of rotatable bonds is 4. The Morgan fingerprint density at radius 1 is 1.03 bits per heavy atom. The molecule has 0 radical (unpaired) electrons. The molecule has 2 aromatic rings. The molecule has 0 aliphatic carbocycles. The van der Waals surface area contributed by atoms with Crippen LogP contribution in [-0.4, -0.2) is 64.7 Å². The van der Waals surface area contributed by atoms with Crippen molar-refractivity contribution in [3.63, 3.8) is 0 Å². The zero-order valence-corrected chi connectivity index (χ0v) is 17.5. The summed E-state index contributed by atoms with van der Waals surface area (Å²) in [5.41, 5.74) is 2.06. The van der Waals surface area contributed by atoms with Crippen molar-refractivity contribution in [3.05, 3.63) is 69.6 Å². The number of nitrogens with zero attached hydrogens (tertiary/aromatic N) is 4. The van der Waals surface area contributed by atoms with Gasteiger partial charge >= 0.3 is 0 Å². The molecule has 150 valence electrons. The molecule has 1 saturated heterocycles. The summed E-state index contributed by atoms with van der Waals surface area (Å²) in [6, 6.07) is 8.60. The lowest BCUT2D eigenvalue weighted by atomic mass is 10.0. The Hall–Kier alpha value is -2.41. The molecule has 3 heterocycles. The zero-order valence-electron chi connectivity index (χ0n) is 15.9. The van der Waals surface area contributed by atoms with E-state index in [1.54, 1.807) is 36.7 Å². The number of imide groups is 1. The first kappa shape index (κ1) is 19.9. The molecular weight excluding hydrogens is 411 g/mol. The highest BCUT2D eigenvalue weighted by Crippen LogP contribution is 2.37. The average Bonchev–Trinajstić information content (AvgIpc) is 2.94. The van der Waals surface area contributed by atoms with Crippen molar-refractivity contribution in [2.45, 2.75) is 6.54 Å². The van der Waals surface area contributed by atoms with Crippen LogP contribution in [0.3, 0.4) is 0 Å². The van der Waals surface area contributed by atoms with Gasteiger partial charge in [-0.2, -0.15) is 0 Å². The molecular formula is C21H20Cl2N4O2. The second kappa shape index (κ2) is 8.14. The summed E-state index contributed by atoms with van der Waals surface area (Å²) in [6.45, 7) is 3.13. The van der Waals surface area contributed by atoms with E-state index in [1.807, 2.05) is 18.0 Å². The quantitative estimate of drug-likeness (QED) is 0.697. The van der Waals surface area contributed by atoms with Crippen LogP contribution < -0.4 is 0 Å². The van der Waals surface area contributed by atoms with Gasteiger partial charge in [-0.05, 0) is 30.8 Å². The van der Waals surface area contributed by atoms with E-state index >= 15 is 0 Å². The first-order chi connectivity index (χ1) is 14.0. The highest BCUT2D eigenvalue weighted by Gasteiger charge is 2.42. The predicted molar refractivity (Wildman–Crippen MR) is 112 cm³/mol. The fourth-order valence-corrected chi connectivity index (χ4v) is 4.14. The second-order valence-corrected chi connectivity index (χ2v) is 8.04. The molecule has 0 N–H and O–H groups in total. The molecule has 0 spiro atoms. The highest BCUT2D eigenvalue weighted by atomic mass is 35.5. The van der Waals surface area contributed by atoms with Crippen LogP contribution >= 0.6 is 23.2 Å². The third-order valence-electron chi connectivity index (χ3n) is 5.23. The van der Waals surface area contributed by atoms with Gasteiger partial charge in [0.1, 0.15) is 5.70 Å². The predicted octanol–water partition coefficient (Wildman–Crippen LogP) is 2.92. The standard InChI is InChI=1S/C21H20Cl2N4O2/c1-25-7-9-26(10-8-25)19-18(16-5-4-15(22)11-17(16)23)20(28)27(21(19)29)13-14-3-2-6-24-12-14/h2-6,11-12H,7-10,13H2,1H3. The van der Waals surface area contributed by atoms with Crippen LogP contribution in [0.25, 0.3) is 5.57 Å². The molecule has 0 bridgehead atoms. The van der Waals surface area contributed by atoms with E-state index in [0.29, 0.717) is 40.0 Å². The van der Waals surface area contributed by atoms with Gasteiger partial charge in [-0.1, -0.05) is 35.3 Å². The molecule has 8 heteroatoms. The summed E-state index contributed by atoms with van der Waals surface area (Å²) >= 11 is 12.5. The Bertz CT molecular complexity index is 985. The van der Waals surface area contributed by atoms with Crippen LogP contribution in [0.1, 0.15) is 11.1 Å². The number of hydrogen-bond donors (Lipinski definition) is 0. The smallest absolute Gasteiger partial charge is 0.278 e. The van der Waals surface area contributed by atoms with E-state index in [0.717, 1.165) is 18.7 Å². The minimum atomic E-state index is -0.350. The monoisotopic (exact) mass is 430 g/mol. The molecule has 2 aliphatic rings. The van der Waals surface area contributed by atoms with Gasteiger partial charge in [-0.25, -0.2) is 0 Å². The van der Waals surface area contributed by atoms with Gasteiger partial charge in [0.15, 0.2) is 0 Å². The van der Waals surface area contributed by atoms with E-state index in [4.69, 9.17) is 23.2 Å². The Kier molecular flexibility index (Phi) is 5.58. The first-order valence-corrected chi connectivity index (χ1v) is 10.1. The summed E-state index contributed by atoms with van der Waals surface area (Å²) in [4.78, 5) is 36.3. The van der Waals surface area contributed by atoms with Crippen LogP contribution in [-0.2, 0) is 16.1 Å². The van der Waals surface area contributed by atoms with Crippen molar-refractivity contribution in [3.8, 4) is 0 Å². The van der Waals surface area contributed by atoms with Gasteiger partial charge in [-0.15, -0.1) is 0 Å². The van der Waals surface area contributed by atoms with Crippen molar-refractivity contribution in [1.82, 2.24) is 19.7 Å². The van der Waals surface area contributed by atoms with E-state index < -0.39 is 0 Å². The van der Waals surface area contributed by atoms with Crippen molar-refractivity contribution >= 4 is 40.6 Å². The molecule has 1 aromatic heterocycles. The Morgan fingerprint density at radius 3 is 2.45 bits per heavy atom. The normalized spacial score (nSPS) is 18.2. The van der Waals surface area contributed by atoms with E-state index in [1.165, 1.54) is 4.90 Å². The number of aromatic nitrogens is 1. The number of likely N-dealkylation sites (N-methyl/N-ethyl adjacent to an activating group) is 1. The molecule has 4 rings (SSSR count). The molecule has 1 fully saturated rings. The molecule has 0 saturated carbocycles. The van der Waals surface area contributed by atoms with Gasteiger partial charge in [-0.3, -0.25) is 19.5 Å². The Balaban J connectivity index is 1.76. The third kappa shape index (κ3) is 3.88. The van der Waals surface area contributed by atoms with E-state index in [-0.39, 0.29) is 18.4 Å². The van der Waals surface area contributed by atoms with E-state index in [2.05, 4.69) is 9.88 Å². The Morgan fingerprint density at radius 2 is 1.79 bits per heavy atom. The summed E-state index contributed by atoms with van der Waals surface area (Å²) in [5.74, 6) is -0.651. The maximum Gasteiger partial charge on any atom is 0.278 e. The highest BCUT2D eigenvalue weighted by molar-refractivity contribution is 6.41. The van der Waals surface area contributed by atoms with Crippen LogP contribution in [0.4, 0.5) is 0 Å².